The second kappa shape index (κ2) is 3.52. The number of nitrogens with two attached hydrogens (primary N) is 1. The predicted molar refractivity (Wildman–Crippen MR) is 58.8 cm³/mol. The molecule has 1 aromatic rings. The molecular formula is C11H12BrF2N. The Morgan fingerprint density at radius 2 is 1.93 bits per heavy atom. The van der Waals surface area contributed by atoms with Gasteiger partial charge in [-0.25, -0.2) is 8.78 Å². The zero-order chi connectivity index (χ0) is 11.1. The van der Waals surface area contributed by atoms with Crippen molar-refractivity contribution in [2.45, 2.75) is 30.7 Å². The summed E-state index contributed by atoms with van der Waals surface area (Å²) in [6, 6.07) is 6.40. The van der Waals surface area contributed by atoms with Crippen LogP contribution in [0.2, 0.25) is 0 Å². The minimum atomic E-state index is -2.84. The monoisotopic (exact) mass is 275 g/mol. The van der Waals surface area contributed by atoms with E-state index < -0.39 is 11.5 Å². The van der Waals surface area contributed by atoms with Crippen LogP contribution < -0.4 is 5.73 Å². The third kappa shape index (κ3) is 2.37. The van der Waals surface area contributed by atoms with Crippen molar-refractivity contribution in [3.63, 3.8) is 0 Å². The van der Waals surface area contributed by atoms with Crippen LogP contribution >= 0.6 is 15.9 Å². The molecule has 0 amide bonds. The van der Waals surface area contributed by atoms with E-state index in [4.69, 9.17) is 5.73 Å². The minimum Gasteiger partial charge on any atom is -0.325 e. The van der Waals surface area contributed by atoms with E-state index in [1.807, 2.05) is 0 Å². The van der Waals surface area contributed by atoms with Gasteiger partial charge in [-0.05, 0) is 18.9 Å². The Balaban J connectivity index is 2.24. The van der Waals surface area contributed by atoms with E-state index in [2.05, 4.69) is 15.9 Å². The maximum Gasteiger partial charge on any atom is 0.276 e. The van der Waals surface area contributed by atoms with Gasteiger partial charge in [-0.3, -0.25) is 0 Å². The van der Waals surface area contributed by atoms with Gasteiger partial charge in [0.1, 0.15) is 0 Å². The summed E-state index contributed by atoms with van der Waals surface area (Å²) in [5, 5.41) is 0. The lowest BCUT2D eigenvalue weighted by atomic mass is 10.00. The maximum absolute atomic E-state index is 13.8. The van der Waals surface area contributed by atoms with Crippen LogP contribution in [-0.2, 0) is 5.92 Å². The molecule has 82 valence electrons. The van der Waals surface area contributed by atoms with Crippen molar-refractivity contribution >= 4 is 15.9 Å². The number of hydrogen-bond donors (Lipinski definition) is 1. The predicted octanol–water partition coefficient (Wildman–Crippen LogP) is 3.42. The topological polar surface area (TPSA) is 26.0 Å². The third-order valence-corrected chi connectivity index (χ3v) is 3.43. The summed E-state index contributed by atoms with van der Waals surface area (Å²) >= 11 is 3.14. The van der Waals surface area contributed by atoms with Crippen molar-refractivity contribution in [1.29, 1.82) is 0 Å². The molecule has 0 bridgehead atoms. The fraction of sp³-hybridized carbons (Fsp3) is 0.455. The molecule has 0 atom stereocenters. The quantitative estimate of drug-likeness (QED) is 0.899. The molecule has 0 aromatic heterocycles. The van der Waals surface area contributed by atoms with E-state index in [1.54, 1.807) is 18.2 Å². The summed E-state index contributed by atoms with van der Waals surface area (Å²) < 4.78 is 28.1. The van der Waals surface area contributed by atoms with Crippen LogP contribution in [0.5, 0.6) is 0 Å². The molecule has 1 fully saturated rings. The van der Waals surface area contributed by atoms with Gasteiger partial charge >= 0.3 is 0 Å². The van der Waals surface area contributed by atoms with Crippen molar-refractivity contribution in [2.75, 3.05) is 0 Å². The molecule has 0 spiro atoms. The first kappa shape index (κ1) is 11.0. The number of alkyl halides is 2. The minimum absolute atomic E-state index is 0.0294. The normalized spacial score (nSPS) is 18.9. The van der Waals surface area contributed by atoms with Crippen LogP contribution in [0.4, 0.5) is 8.78 Å². The largest absolute Gasteiger partial charge is 0.325 e. The molecule has 0 unspecified atom stereocenters. The number of benzene rings is 1. The van der Waals surface area contributed by atoms with E-state index in [9.17, 15) is 8.78 Å². The Labute approximate surface area is 95.8 Å². The first-order chi connectivity index (χ1) is 6.93. The summed E-state index contributed by atoms with van der Waals surface area (Å²) in [7, 11) is 0. The van der Waals surface area contributed by atoms with Gasteiger partial charge in [0, 0.05) is 22.0 Å². The standard InChI is InChI=1S/C11H12BrF2N/c12-9-4-2-1-3-8(9)11(13,14)7-10(15)5-6-10/h1-4H,5-7,15H2. The highest BCUT2D eigenvalue weighted by molar-refractivity contribution is 9.10. The molecule has 0 aliphatic heterocycles. The van der Waals surface area contributed by atoms with Gasteiger partial charge in [0.15, 0.2) is 0 Å². The van der Waals surface area contributed by atoms with Crippen LogP contribution in [0.3, 0.4) is 0 Å². The Morgan fingerprint density at radius 3 is 2.47 bits per heavy atom. The molecule has 4 heteroatoms. The van der Waals surface area contributed by atoms with Gasteiger partial charge in [-0.15, -0.1) is 0 Å². The van der Waals surface area contributed by atoms with Crippen LogP contribution in [0.1, 0.15) is 24.8 Å². The smallest absolute Gasteiger partial charge is 0.276 e. The molecule has 0 saturated heterocycles. The summed E-state index contributed by atoms with van der Waals surface area (Å²) in [6.07, 6.45) is 1.14. The molecule has 0 heterocycles. The van der Waals surface area contributed by atoms with Gasteiger partial charge in [0.2, 0.25) is 0 Å². The average Bonchev–Trinajstić information content (AvgIpc) is 2.82. The van der Waals surface area contributed by atoms with Crippen LogP contribution in [-0.4, -0.2) is 5.54 Å². The lowest BCUT2D eigenvalue weighted by Gasteiger charge is -2.21. The van der Waals surface area contributed by atoms with Gasteiger partial charge in [0.05, 0.1) is 0 Å². The van der Waals surface area contributed by atoms with E-state index in [0.29, 0.717) is 17.3 Å². The highest BCUT2D eigenvalue weighted by atomic mass is 79.9. The number of rotatable bonds is 3. The molecule has 0 radical (unpaired) electrons. The zero-order valence-corrected chi connectivity index (χ0v) is 9.73. The summed E-state index contributed by atoms with van der Waals surface area (Å²) in [5.41, 5.74) is 5.11. The second-order valence-corrected chi connectivity index (χ2v) is 5.08. The molecule has 1 nitrogen and oxygen atoms in total. The molecule has 2 rings (SSSR count). The first-order valence-corrected chi connectivity index (χ1v) is 5.64. The van der Waals surface area contributed by atoms with Crippen molar-refractivity contribution in [1.82, 2.24) is 0 Å². The summed E-state index contributed by atoms with van der Waals surface area (Å²) in [4.78, 5) is 0. The Bertz CT molecular complexity index is 375. The maximum atomic E-state index is 13.8. The molecule has 2 N–H and O–H groups in total. The van der Waals surface area contributed by atoms with E-state index >= 15 is 0 Å². The Hall–Kier alpha value is -0.480. The van der Waals surface area contributed by atoms with Crippen molar-refractivity contribution < 1.29 is 8.78 Å². The lowest BCUT2D eigenvalue weighted by Crippen LogP contribution is -2.30. The number of halogens is 3. The van der Waals surface area contributed by atoms with Crippen molar-refractivity contribution in [3.05, 3.63) is 34.3 Å². The Kier molecular flexibility index (Phi) is 2.59. The van der Waals surface area contributed by atoms with Crippen molar-refractivity contribution in [2.24, 2.45) is 5.73 Å². The van der Waals surface area contributed by atoms with E-state index in [-0.39, 0.29) is 12.0 Å². The molecule has 1 aliphatic carbocycles. The summed E-state index contributed by atoms with van der Waals surface area (Å²) in [6.45, 7) is 0. The molecule has 1 aromatic carbocycles. The van der Waals surface area contributed by atoms with Crippen LogP contribution in [0.15, 0.2) is 28.7 Å². The molecular weight excluding hydrogens is 264 g/mol. The van der Waals surface area contributed by atoms with Crippen LogP contribution in [0.25, 0.3) is 0 Å². The fourth-order valence-electron chi connectivity index (χ4n) is 1.63. The number of hydrogen-bond acceptors (Lipinski definition) is 1. The highest BCUT2D eigenvalue weighted by Gasteiger charge is 2.48. The Morgan fingerprint density at radius 1 is 1.33 bits per heavy atom. The fourth-order valence-corrected chi connectivity index (χ4v) is 2.21. The van der Waals surface area contributed by atoms with Gasteiger partial charge in [-0.1, -0.05) is 34.1 Å². The summed E-state index contributed by atoms with van der Waals surface area (Å²) in [5.74, 6) is -2.84. The molecule has 15 heavy (non-hydrogen) atoms. The van der Waals surface area contributed by atoms with Gasteiger partial charge < -0.3 is 5.73 Å². The van der Waals surface area contributed by atoms with Gasteiger partial charge in [-0.2, -0.15) is 0 Å². The first-order valence-electron chi connectivity index (χ1n) is 4.85. The average molecular weight is 276 g/mol. The van der Waals surface area contributed by atoms with Gasteiger partial charge in [0.25, 0.3) is 5.92 Å². The zero-order valence-electron chi connectivity index (χ0n) is 8.14. The molecule has 1 aliphatic rings. The lowest BCUT2D eigenvalue weighted by molar-refractivity contribution is -0.0230. The third-order valence-electron chi connectivity index (χ3n) is 2.73. The second-order valence-electron chi connectivity index (χ2n) is 4.22. The van der Waals surface area contributed by atoms with Crippen molar-refractivity contribution in [3.8, 4) is 0 Å². The van der Waals surface area contributed by atoms with E-state index in [0.717, 1.165) is 0 Å². The van der Waals surface area contributed by atoms with Crippen LogP contribution in [0, 0.1) is 0 Å². The molecule has 1 saturated carbocycles. The van der Waals surface area contributed by atoms with E-state index in [1.165, 1.54) is 6.07 Å². The highest BCUT2D eigenvalue weighted by Crippen LogP contribution is 2.47. The SMILES string of the molecule is NC1(CC(F)(F)c2ccccc2Br)CC1.